The zero-order valence-electron chi connectivity index (χ0n) is 6.32. The number of aliphatic imine (C=N–C) groups is 1. The van der Waals surface area contributed by atoms with E-state index in [-0.39, 0.29) is 0 Å². The van der Waals surface area contributed by atoms with Crippen molar-refractivity contribution in [3.8, 4) is 0 Å². The lowest BCUT2D eigenvalue weighted by Crippen LogP contribution is -1.98. The largest absolute Gasteiger partial charge is 0.446 e. The molecule has 0 unspecified atom stereocenters. The number of hydrogen-bond donors (Lipinski definition) is 1. The molecule has 1 rings (SSSR count). The Morgan fingerprint density at radius 1 is 1.64 bits per heavy atom. The summed E-state index contributed by atoms with van der Waals surface area (Å²) >= 11 is 0. The minimum Gasteiger partial charge on any atom is -0.446 e. The summed E-state index contributed by atoms with van der Waals surface area (Å²) in [6, 6.07) is 0. The van der Waals surface area contributed by atoms with Gasteiger partial charge in [-0.05, 0) is 13.0 Å². The second kappa shape index (κ2) is 3.61. The number of nitrogens with two attached hydrogens (primary N) is 1. The molecule has 0 saturated heterocycles. The van der Waals surface area contributed by atoms with E-state index >= 15 is 0 Å². The minimum atomic E-state index is 0.547. The lowest BCUT2D eigenvalue weighted by molar-refractivity contribution is 0.487. The Hall–Kier alpha value is -1.51. The zero-order chi connectivity index (χ0) is 8.10. The molecule has 0 radical (unpaired) electrons. The molecule has 0 aromatic heterocycles. The van der Waals surface area contributed by atoms with E-state index < -0.39 is 0 Å². The summed E-state index contributed by atoms with van der Waals surface area (Å²) in [4.78, 5) is 4.00. The van der Waals surface area contributed by atoms with Crippen LogP contribution in [0.25, 0.3) is 0 Å². The molecule has 0 spiro atoms. The van der Waals surface area contributed by atoms with Crippen LogP contribution in [0.5, 0.6) is 0 Å². The van der Waals surface area contributed by atoms with Crippen molar-refractivity contribution in [1.82, 2.24) is 0 Å². The van der Waals surface area contributed by atoms with Crippen LogP contribution in [0.1, 0.15) is 6.92 Å². The molecule has 2 N–H and O–H groups in total. The molecular weight excluding hydrogens is 140 g/mol. The average molecular weight is 150 g/mol. The van der Waals surface area contributed by atoms with Gasteiger partial charge in [0.25, 0.3) is 0 Å². The summed E-state index contributed by atoms with van der Waals surface area (Å²) in [5.41, 5.74) is 6.11. The van der Waals surface area contributed by atoms with Crippen molar-refractivity contribution in [2.24, 2.45) is 10.7 Å². The van der Waals surface area contributed by atoms with Gasteiger partial charge < -0.3 is 10.5 Å². The highest BCUT2D eigenvalue weighted by atomic mass is 16.5. The van der Waals surface area contributed by atoms with Crippen LogP contribution in [0.3, 0.4) is 0 Å². The Bertz CT molecular complexity index is 249. The number of ether oxygens (including phenoxy) is 1. The fourth-order valence-electron chi connectivity index (χ4n) is 0.685. The minimum absolute atomic E-state index is 0.547. The smallest absolute Gasteiger partial charge is 0.227 e. The van der Waals surface area contributed by atoms with Gasteiger partial charge in [0.1, 0.15) is 0 Å². The van der Waals surface area contributed by atoms with Gasteiger partial charge in [0.15, 0.2) is 0 Å². The van der Waals surface area contributed by atoms with Crippen LogP contribution in [-0.4, -0.2) is 5.90 Å². The maximum Gasteiger partial charge on any atom is 0.227 e. The zero-order valence-corrected chi connectivity index (χ0v) is 6.32. The van der Waals surface area contributed by atoms with Crippen LogP contribution < -0.4 is 5.73 Å². The summed E-state index contributed by atoms with van der Waals surface area (Å²) in [5.74, 6) is 0.547. The monoisotopic (exact) mass is 150 g/mol. The highest BCUT2D eigenvalue weighted by molar-refractivity contribution is 5.98. The molecule has 0 aliphatic carbocycles. The molecule has 0 bridgehead atoms. The topological polar surface area (TPSA) is 47.6 Å². The van der Waals surface area contributed by atoms with Crippen molar-refractivity contribution in [1.29, 1.82) is 0 Å². The van der Waals surface area contributed by atoms with Crippen molar-refractivity contribution in [3.63, 3.8) is 0 Å². The Labute approximate surface area is 65.6 Å². The molecule has 0 amide bonds. The molecule has 1 heterocycles. The lowest BCUT2D eigenvalue weighted by atomic mass is 10.3. The third-order valence-electron chi connectivity index (χ3n) is 1.19. The summed E-state index contributed by atoms with van der Waals surface area (Å²) in [7, 11) is 0. The Morgan fingerprint density at radius 3 is 3.09 bits per heavy atom. The van der Waals surface area contributed by atoms with Crippen LogP contribution in [-0.2, 0) is 4.74 Å². The van der Waals surface area contributed by atoms with Gasteiger partial charge in [-0.3, -0.25) is 0 Å². The molecular formula is C8H10N2O. The average Bonchev–Trinajstić information content (AvgIpc) is 2.47. The predicted octanol–water partition coefficient (Wildman–Crippen LogP) is 1.31. The van der Waals surface area contributed by atoms with Gasteiger partial charge >= 0.3 is 0 Å². The molecule has 0 atom stereocenters. The molecule has 1 aliphatic rings. The number of nitrogens with zero attached hydrogens (tertiary/aromatic N) is 1. The summed E-state index contributed by atoms with van der Waals surface area (Å²) in [6.07, 6.45) is 8.27. The number of rotatable bonds is 1. The molecule has 0 aromatic rings. The normalized spacial score (nSPS) is 23.7. The van der Waals surface area contributed by atoms with E-state index in [2.05, 4.69) is 4.99 Å². The van der Waals surface area contributed by atoms with E-state index in [1.807, 2.05) is 13.0 Å². The second-order valence-electron chi connectivity index (χ2n) is 1.96. The highest BCUT2D eigenvalue weighted by Crippen LogP contribution is 2.09. The van der Waals surface area contributed by atoms with Gasteiger partial charge in [0, 0.05) is 12.4 Å². The fraction of sp³-hybridized carbons (Fsp3) is 0.125. The van der Waals surface area contributed by atoms with Crippen molar-refractivity contribution < 1.29 is 4.74 Å². The molecule has 3 nitrogen and oxygen atoms in total. The van der Waals surface area contributed by atoms with Crippen molar-refractivity contribution >= 4 is 5.90 Å². The van der Waals surface area contributed by atoms with Gasteiger partial charge in [-0.25, -0.2) is 4.99 Å². The first-order valence-electron chi connectivity index (χ1n) is 3.33. The van der Waals surface area contributed by atoms with Gasteiger partial charge in [-0.1, -0.05) is 6.08 Å². The van der Waals surface area contributed by atoms with E-state index in [1.165, 1.54) is 6.20 Å². The van der Waals surface area contributed by atoms with E-state index in [0.717, 1.165) is 5.57 Å². The second-order valence-corrected chi connectivity index (χ2v) is 1.96. The summed E-state index contributed by atoms with van der Waals surface area (Å²) in [5, 5.41) is 0. The van der Waals surface area contributed by atoms with E-state index in [1.54, 1.807) is 18.5 Å². The Balaban J connectivity index is 2.76. The van der Waals surface area contributed by atoms with Crippen LogP contribution >= 0.6 is 0 Å². The quantitative estimate of drug-likeness (QED) is 0.612. The first-order valence-corrected chi connectivity index (χ1v) is 3.33. The Kier molecular flexibility index (Phi) is 2.49. The van der Waals surface area contributed by atoms with Crippen molar-refractivity contribution in [3.05, 3.63) is 36.4 Å². The molecule has 0 aromatic carbocycles. The van der Waals surface area contributed by atoms with Gasteiger partial charge in [-0.15, -0.1) is 0 Å². The van der Waals surface area contributed by atoms with E-state index in [9.17, 15) is 0 Å². The first-order chi connectivity index (χ1) is 5.38. The molecule has 58 valence electrons. The van der Waals surface area contributed by atoms with Crippen LogP contribution in [0.15, 0.2) is 41.4 Å². The predicted molar refractivity (Wildman–Crippen MR) is 44.7 cm³/mol. The lowest BCUT2D eigenvalue weighted by Gasteiger charge is -1.94. The fourth-order valence-corrected chi connectivity index (χ4v) is 0.685. The molecule has 0 fully saturated rings. The van der Waals surface area contributed by atoms with Gasteiger partial charge in [0.2, 0.25) is 5.90 Å². The first kappa shape index (κ1) is 7.60. The third kappa shape index (κ3) is 1.70. The SMILES string of the molecule is C/C=C/N=C1/OC=C/C1=C/N. The van der Waals surface area contributed by atoms with Gasteiger partial charge in [-0.2, -0.15) is 0 Å². The number of allylic oxidation sites excluding steroid dienone is 1. The molecule has 11 heavy (non-hydrogen) atoms. The molecule has 3 heteroatoms. The van der Waals surface area contributed by atoms with E-state index in [0.29, 0.717) is 5.90 Å². The maximum absolute atomic E-state index is 5.30. The van der Waals surface area contributed by atoms with Crippen molar-refractivity contribution in [2.45, 2.75) is 6.92 Å². The summed E-state index contributed by atoms with van der Waals surface area (Å²) < 4.78 is 5.03. The number of hydrogen-bond acceptors (Lipinski definition) is 3. The van der Waals surface area contributed by atoms with Crippen LogP contribution in [0, 0.1) is 0 Å². The van der Waals surface area contributed by atoms with Gasteiger partial charge in [0.05, 0.1) is 11.8 Å². The molecule has 1 aliphatic heterocycles. The summed E-state index contributed by atoms with van der Waals surface area (Å²) in [6.45, 7) is 1.89. The standard InChI is InChI=1S/C8H10N2O/c1-2-4-10-8-7(6-9)3-5-11-8/h2-6H,9H2,1H3/b4-2+,7-6-,10-8+. The van der Waals surface area contributed by atoms with Crippen LogP contribution in [0.4, 0.5) is 0 Å². The van der Waals surface area contributed by atoms with E-state index in [4.69, 9.17) is 10.5 Å². The van der Waals surface area contributed by atoms with Crippen LogP contribution in [0.2, 0.25) is 0 Å². The maximum atomic E-state index is 5.30. The highest BCUT2D eigenvalue weighted by Gasteiger charge is 2.08. The van der Waals surface area contributed by atoms with Crippen molar-refractivity contribution in [2.75, 3.05) is 0 Å². The Morgan fingerprint density at radius 2 is 2.45 bits per heavy atom. The third-order valence-corrected chi connectivity index (χ3v) is 1.19. The molecule has 0 saturated carbocycles.